The molecule has 1 fully saturated rings. The zero-order valence-electron chi connectivity index (χ0n) is 13.5. The number of carbonyl (C=O) groups is 1. The highest BCUT2D eigenvalue weighted by molar-refractivity contribution is 5.79. The lowest BCUT2D eigenvalue weighted by atomic mass is 10.1. The number of nitrogens with zero attached hydrogens (tertiary/aromatic N) is 5. The molecular formula is C17H17FN6O. The first kappa shape index (κ1) is 15.5. The molecule has 1 aliphatic rings. The standard InChI is InChI=1S/C17H17FN6O/c18-13-3-1-12(2-4-13)9-17(25)20-14-7-8-23(10-14)16-6-5-15-21-19-11-24(15)22-16/h1-6,11,14H,7-10H2,(H,20,25)/t14-/m1/s1. The molecule has 0 unspecified atom stereocenters. The van der Waals surface area contributed by atoms with Gasteiger partial charge < -0.3 is 10.2 Å². The van der Waals surface area contributed by atoms with E-state index in [1.54, 1.807) is 23.0 Å². The molecule has 0 spiro atoms. The minimum absolute atomic E-state index is 0.0549. The Hall–Kier alpha value is -3.03. The summed E-state index contributed by atoms with van der Waals surface area (Å²) >= 11 is 0. The Bertz CT molecular complexity index is 894. The number of anilines is 1. The van der Waals surface area contributed by atoms with E-state index >= 15 is 0 Å². The average molecular weight is 340 g/mol. The van der Waals surface area contributed by atoms with Crippen molar-refractivity contribution in [2.24, 2.45) is 0 Å². The molecule has 0 saturated carbocycles. The molecule has 7 nitrogen and oxygen atoms in total. The molecule has 1 atom stereocenters. The lowest BCUT2D eigenvalue weighted by Gasteiger charge is -2.17. The normalized spacial score (nSPS) is 17.2. The van der Waals surface area contributed by atoms with Gasteiger partial charge >= 0.3 is 0 Å². The molecule has 1 aromatic carbocycles. The molecule has 1 N–H and O–H groups in total. The molecular weight excluding hydrogens is 323 g/mol. The Morgan fingerprint density at radius 3 is 2.92 bits per heavy atom. The van der Waals surface area contributed by atoms with Crippen molar-refractivity contribution in [3.63, 3.8) is 0 Å². The number of nitrogens with one attached hydrogen (secondary N) is 1. The number of fused-ring (bicyclic) bond motifs is 1. The quantitative estimate of drug-likeness (QED) is 0.772. The van der Waals surface area contributed by atoms with Crippen molar-refractivity contribution in [3.8, 4) is 0 Å². The molecule has 3 aromatic rings. The third kappa shape index (κ3) is 3.42. The zero-order valence-corrected chi connectivity index (χ0v) is 13.5. The Balaban J connectivity index is 1.35. The van der Waals surface area contributed by atoms with Gasteiger partial charge in [0.15, 0.2) is 5.65 Å². The molecule has 25 heavy (non-hydrogen) atoms. The van der Waals surface area contributed by atoms with Gasteiger partial charge in [0, 0.05) is 19.1 Å². The largest absolute Gasteiger partial charge is 0.353 e. The maximum absolute atomic E-state index is 12.9. The highest BCUT2D eigenvalue weighted by Gasteiger charge is 2.25. The maximum atomic E-state index is 12.9. The monoisotopic (exact) mass is 340 g/mol. The van der Waals surface area contributed by atoms with E-state index in [1.165, 1.54) is 12.1 Å². The van der Waals surface area contributed by atoms with E-state index in [1.807, 2.05) is 12.1 Å². The summed E-state index contributed by atoms with van der Waals surface area (Å²) < 4.78 is 14.5. The first-order chi connectivity index (χ1) is 12.2. The summed E-state index contributed by atoms with van der Waals surface area (Å²) in [4.78, 5) is 14.3. The van der Waals surface area contributed by atoms with Gasteiger partial charge in [-0.1, -0.05) is 12.1 Å². The van der Waals surface area contributed by atoms with Crippen LogP contribution in [-0.2, 0) is 11.2 Å². The maximum Gasteiger partial charge on any atom is 0.224 e. The van der Waals surface area contributed by atoms with Crippen molar-refractivity contribution < 1.29 is 9.18 Å². The van der Waals surface area contributed by atoms with Crippen LogP contribution >= 0.6 is 0 Å². The number of hydrogen-bond donors (Lipinski definition) is 1. The van der Waals surface area contributed by atoms with Crippen LogP contribution in [0.2, 0.25) is 0 Å². The minimum atomic E-state index is -0.298. The van der Waals surface area contributed by atoms with Crippen molar-refractivity contribution in [2.45, 2.75) is 18.9 Å². The topological polar surface area (TPSA) is 75.4 Å². The molecule has 128 valence electrons. The van der Waals surface area contributed by atoms with Gasteiger partial charge in [-0.15, -0.1) is 15.3 Å². The predicted molar refractivity (Wildman–Crippen MR) is 89.6 cm³/mol. The van der Waals surface area contributed by atoms with Crippen LogP contribution in [0.5, 0.6) is 0 Å². The second kappa shape index (κ2) is 6.46. The van der Waals surface area contributed by atoms with Gasteiger partial charge in [-0.25, -0.2) is 4.39 Å². The van der Waals surface area contributed by atoms with Crippen molar-refractivity contribution in [1.82, 2.24) is 25.1 Å². The average Bonchev–Trinajstić information content (AvgIpc) is 3.25. The van der Waals surface area contributed by atoms with Crippen molar-refractivity contribution in [1.29, 1.82) is 0 Å². The Labute approximate surface area is 143 Å². The first-order valence-electron chi connectivity index (χ1n) is 8.13. The number of hydrogen-bond acceptors (Lipinski definition) is 5. The third-order valence-corrected chi connectivity index (χ3v) is 4.30. The van der Waals surface area contributed by atoms with Crippen molar-refractivity contribution >= 4 is 17.4 Å². The van der Waals surface area contributed by atoms with Gasteiger partial charge in [0.2, 0.25) is 5.91 Å². The number of rotatable bonds is 4. The predicted octanol–water partition coefficient (Wildman–Crippen LogP) is 1.20. The molecule has 8 heteroatoms. The van der Waals surface area contributed by atoms with E-state index < -0.39 is 0 Å². The lowest BCUT2D eigenvalue weighted by Crippen LogP contribution is -2.38. The summed E-state index contributed by atoms with van der Waals surface area (Å²) in [6.45, 7) is 1.53. The van der Waals surface area contributed by atoms with Crippen molar-refractivity contribution in [3.05, 3.63) is 54.1 Å². The van der Waals surface area contributed by atoms with Crippen LogP contribution in [0.1, 0.15) is 12.0 Å². The van der Waals surface area contributed by atoms with Crippen LogP contribution in [0.4, 0.5) is 10.2 Å². The van der Waals surface area contributed by atoms with Gasteiger partial charge in [-0.3, -0.25) is 4.79 Å². The van der Waals surface area contributed by atoms with Gasteiger partial charge in [-0.2, -0.15) is 4.52 Å². The fourth-order valence-electron chi connectivity index (χ4n) is 3.04. The molecule has 4 rings (SSSR count). The second-order valence-electron chi connectivity index (χ2n) is 6.13. The molecule has 2 aromatic heterocycles. The highest BCUT2D eigenvalue weighted by Crippen LogP contribution is 2.18. The van der Waals surface area contributed by atoms with E-state index in [0.717, 1.165) is 24.3 Å². The number of benzene rings is 1. The van der Waals surface area contributed by atoms with Crippen LogP contribution in [0.3, 0.4) is 0 Å². The summed E-state index contributed by atoms with van der Waals surface area (Å²) in [5, 5.41) is 15.3. The van der Waals surface area contributed by atoms with Crippen LogP contribution in [0.25, 0.3) is 5.65 Å². The van der Waals surface area contributed by atoms with Gasteiger partial charge in [0.05, 0.1) is 6.42 Å². The molecule has 1 aliphatic heterocycles. The summed E-state index contributed by atoms with van der Waals surface area (Å²) in [7, 11) is 0. The molecule has 1 saturated heterocycles. The molecule has 0 aliphatic carbocycles. The Kier molecular flexibility index (Phi) is 4.01. The number of halogens is 1. The summed E-state index contributed by atoms with van der Waals surface area (Å²) in [5.74, 6) is 0.483. The summed E-state index contributed by atoms with van der Waals surface area (Å²) in [6.07, 6.45) is 2.68. The smallest absolute Gasteiger partial charge is 0.224 e. The van der Waals surface area contributed by atoms with Crippen LogP contribution in [-0.4, -0.2) is 44.8 Å². The zero-order chi connectivity index (χ0) is 17.2. The number of amides is 1. The fraction of sp³-hybridized carbons (Fsp3) is 0.294. The molecule has 0 bridgehead atoms. The summed E-state index contributed by atoms with van der Waals surface area (Å²) in [6, 6.07) is 9.86. The SMILES string of the molecule is O=C(Cc1ccc(F)cc1)N[C@@H]1CCN(c2ccc3nncn3n2)C1. The van der Waals surface area contributed by atoms with Crippen LogP contribution in [0, 0.1) is 5.82 Å². The van der Waals surface area contributed by atoms with Crippen LogP contribution in [0.15, 0.2) is 42.7 Å². The second-order valence-corrected chi connectivity index (χ2v) is 6.13. The fourth-order valence-corrected chi connectivity index (χ4v) is 3.04. The van der Waals surface area contributed by atoms with E-state index in [2.05, 4.69) is 25.5 Å². The Morgan fingerprint density at radius 1 is 1.24 bits per heavy atom. The highest BCUT2D eigenvalue weighted by atomic mass is 19.1. The lowest BCUT2D eigenvalue weighted by molar-refractivity contribution is -0.121. The van der Waals surface area contributed by atoms with Gasteiger partial charge in [0.25, 0.3) is 0 Å². The Morgan fingerprint density at radius 2 is 2.08 bits per heavy atom. The molecule has 0 radical (unpaired) electrons. The molecule has 1 amide bonds. The van der Waals surface area contributed by atoms with Crippen molar-refractivity contribution in [2.75, 3.05) is 18.0 Å². The van der Waals surface area contributed by atoms with Crippen LogP contribution < -0.4 is 10.2 Å². The van der Waals surface area contributed by atoms with E-state index in [0.29, 0.717) is 12.2 Å². The van der Waals surface area contributed by atoms with Gasteiger partial charge in [0.1, 0.15) is 18.0 Å². The number of aromatic nitrogens is 4. The van der Waals surface area contributed by atoms with E-state index in [-0.39, 0.29) is 24.2 Å². The van der Waals surface area contributed by atoms with E-state index in [4.69, 9.17) is 0 Å². The minimum Gasteiger partial charge on any atom is -0.353 e. The van der Waals surface area contributed by atoms with E-state index in [9.17, 15) is 9.18 Å². The molecule has 3 heterocycles. The number of carbonyl (C=O) groups excluding carboxylic acids is 1. The third-order valence-electron chi connectivity index (χ3n) is 4.30. The first-order valence-corrected chi connectivity index (χ1v) is 8.13. The summed E-state index contributed by atoms with van der Waals surface area (Å²) in [5.41, 5.74) is 1.50. The van der Waals surface area contributed by atoms with Gasteiger partial charge in [-0.05, 0) is 36.2 Å².